The van der Waals surface area contributed by atoms with Crippen LogP contribution in [0.5, 0.6) is 5.88 Å². The van der Waals surface area contributed by atoms with E-state index in [1.54, 1.807) is 12.3 Å². The molecule has 1 N–H and O–H groups in total. The van der Waals surface area contributed by atoms with E-state index in [1.807, 2.05) is 17.0 Å². The number of amides is 1. The lowest BCUT2D eigenvalue weighted by atomic mass is 10.2. The molecule has 7 nitrogen and oxygen atoms in total. The number of nitrogens with zero attached hydrogens (tertiary/aromatic N) is 3. The highest BCUT2D eigenvalue weighted by Gasteiger charge is 2.31. The average Bonchev–Trinajstić information content (AvgIpc) is 3.22. The van der Waals surface area contributed by atoms with Crippen LogP contribution in [0.1, 0.15) is 23.3 Å². The molecule has 0 aliphatic carbocycles. The number of carbonyl (C=O) groups is 2. The molecule has 0 bridgehead atoms. The lowest BCUT2D eigenvalue weighted by Gasteiger charge is -2.24. The van der Waals surface area contributed by atoms with Crippen LogP contribution in [0.2, 0.25) is 0 Å². The van der Waals surface area contributed by atoms with Crippen molar-refractivity contribution >= 4 is 35.0 Å². The summed E-state index contributed by atoms with van der Waals surface area (Å²) in [4.78, 5) is 32.9. The van der Waals surface area contributed by atoms with Gasteiger partial charge in [0.25, 0.3) is 0 Å². The maximum Gasteiger partial charge on any atom is 0.355 e. The summed E-state index contributed by atoms with van der Waals surface area (Å²) in [7, 11) is 0. The Morgan fingerprint density at radius 1 is 1.48 bits per heavy atom. The van der Waals surface area contributed by atoms with E-state index in [2.05, 4.69) is 9.97 Å². The van der Waals surface area contributed by atoms with Gasteiger partial charge in [-0.1, -0.05) is 17.8 Å². The van der Waals surface area contributed by atoms with Crippen molar-refractivity contribution in [2.24, 2.45) is 0 Å². The number of thiazole rings is 1. The van der Waals surface area contributed by atoms with Gasteiger partial charge in [-0.25, -0.2) is 14.8 Å². The van der Waals surface area contributed by atoms with Gasteiger partial charge in [-0.05, 0) is 12.5 Å². The molecule has 2 aromatic heterocycles. The number of ether oxygens (including phenoxy) is 1. The number of hydrogen-bond donors (Lipinski definition) is 1. The highest BCUT2D eigenvalue weighted by Crippen LogP contribution is 2.25. The maximum absolute atomic E-state index is 12.1. The van der Waals surface area contributed by atoms with Gasteiger partial charge in [-0.15, -0.1) is 11.3 Å². The molecule has 2 aromatic rings. The number of aromatic nitrogens is 2. The number of pyridine rings is 1. The van der Waals surface area contributed by atoms with E-state index >= 15 is 0 Å². The Hall–Kier alpha value is -2.13. The van der Waals surface area contributed by atoms with Gasteiger partial charge in [-0.2, -0.15) is 0 Å². The minimum atomic E-state index is -1.02. The highest BCUT2D eigenvalue weighted by atomic mass is 32.2. The van der Waals surface area contributed by atoms with Crippen molar-refractivity contribution in [2.45, 2.75) is 23.2 Å². The Balaban J connectivity index is 1.49. The summed E-state index contributed by atoms with van der Waals surface area (Å²) in [5.74, 6) is 0.323. The van der Waals surface area contributed by atoms with Gasteiger partial charge in [0.2, 0.25) is 11.8 Å². The number of likely N-dealkylation sites (tertiary alicyclic amines) is 1. The van der Waals surface area contributed by atoms with Gasteiger partial charge in [0.1, 0.15) is 6.61 Å². The maximum atomic E-state index is 12.1. The van der Waals surface area contributed by atoms with Crippen molar-refractivity contribution < 1.29 is 19.4 Å². The van der Waals surface area contributed by atoms with Gasteiger partial charge in [0, 0.05) is 36.4 Å². The number of hydrogen-bond acceptors (Lipinski definition) is 7. The molecule has 1 amide bonds. The molecule has 1 saturated heterocycles. The second-order valence-corrected chi connectivity index (χ2v) is 7.61. The van der Waals surface area contributed by atoms with E-state index in [1.165, 1.54) is 28.5 Å². The fraction of sp³-hybridized carbons (Fsp3) is 0.375. The summed E-state index contributed by atoms with van der Waals surface area (Å²) >= 11 is 2.77. The number of thioether (sulfide) groups is 1. The molecule has 1 atom stereocenters. The summed E-state index contributed by atoms with van der Waals surface area (Å²) in [6.45, 7) is 1.01. The summed E-state index contributed by atoms with van der Waals surface area (Å²) in [5.41, 5.74) is 0.0615. The lowest BCUT2D eigenvalue weighted by Crippen LogP contribution is -2.38. The predicted molar refractivity (Wildman–Crippen MR) is 94.3 cm³/mol. The minimum Gasteiger partial charge on any atom is -0.476 e. The molecule has 132 valence electrons. The Labute approximate surface area is 153 Å². The van der Waals surface area contributed by atoms with Crippen molar-refractivity contribution in [1.82, 2.24) is 14.9 Å². The van der Waals surface area contributed by atoms with Crippen LogP contribution in [-0.4, -0.2) is 56.8 Å². The van der Waals surface area contributed by atoms with Crippen LogP contribution in [0.15, 0.2) is 34.1 Å². The lowest BCUT2D eigenvalue weighted by molar-refractivity contribution is -0.129. The van der Waals surface area contributed by atoms with E-state index in [0.29, 0.717) is 35.5 Å². The molecule has 3 heterocycles. The molecule has 0 radical (unpaired) electrons. The quantitative estimate of drug-likeness (QED) is 0.704. The molecule has 3 rings (SSSR count). The fourth-order valence-corrected chi connectivity index (χ4v) is 4.35. The SMILES string of the molecule is O=C(O)c1csc(SCCN2C(=O)CCC2COc2ccccn2)n1. The van der Waals surface area contributed by atoms with Crippen LogP contribution in [0, 0.1) is 0 Å². The van der Waals surface area contributed by atoms with Crippen LogP contribution in [0.25, 0.3) is 0 Å². The Morgan fingerprint density at radius 3 is 3.08 bits per heavy atom. The van der Waals surface area contributed by atoms with E-state index in [0.717, 1.165) is 6.42 Å². The van der Waals surface area contributed by atoms with Gasteiger partial charge in [-0.3, -0.25) is 4.79 Å². The number of aromatic carboxylic acids is 1. The molecule has 9 heteroatoms. The number of rotatable bonds is 8. The van der Waals surface area contributed by atoms with Gasteiger partial charge in [0.15, 0.2) is 10.0 Å². The zero-order chi connectivity index (χ0) is 17.6. The van der Waals surface area contributed by atoms with Crippen LogP contribution >= 0.6 is 23.1 Å². The molecule has 25 heavy (non-hydrogen) atoms. The van der Waals surface area contributed by atoms with Crippen molar-refractivity contribution in [1.29, 1.82) is 0 Å². The topological polar surface area (TPSA) is 92.6 Å². The molecule has 1 fully saturated rings. The summed E-state index contributed by atoms with van der Waals surface area (Å²) in [5, 5.41) is 10.4. The second kappa shape index (κ2) is 8.30. The first-order chi connectivity index (χ1) is 12.1. The van der Waals surface area contributed by atoms with E-state index in [-0.39, 0.29) is 17.6 Å². The Kier molecular flexibility index (Phi) is 5.87. The zero-order valence-corrected chi connectivity index (χ0v) is 15.0. The predicted octanol–water partition coefficient (Wildman–Crippen LogP) is 2.40. The van der Waals surface area contributed by atoms with Gasteiger partial charge < -0.3 is 14.7 Å². The molecule has 1 aliphatic heterocycles. The van der Waals surface area contributed by atoms with Crippen molar-refractivity contribution in [3.63, 3.8) is 0 Å². The molecular formula is C16H17N3O4S2. The molecule has 0 spiro atoms. The van der Waals surface area contributed by atoms with Crippen molar-refractivity contribution in [3.8, 4) is 5.88 Å². The monoisotopic (exact) mass is 379 g/mol. The first-order valence-electron chi connectivity index (χ1n) is 7.78. The third-order valence-electron chi connectivity index (χ3n) is 3.77. The average molecular weight is 379 g/mol. The molecule has 0 saturated carbocycles. The fourth-order valence-electron chi connectivity index (χ4n) is 2.54. The first kappa shape index (κ1) is 17.7. The van der Waals surface area contributed by atoms with Crippen LogP contribution in [-0.2, 0) is 4.79 Å². The van der Waals surface area contributed by atoms with Gasteiger partial charge in [0.05, 0.1) is 6.04 Å². The second-order valence-electron chi connectivity index (χ2n) is 5.41. The van der Waals surface area contributed by atoms with Crippen LogP contribution in [0.4, 0.5) is 0 Å². The third-order valence-corrected chi connectivity index (χ3v) is 5.78. The van der Waals surface area contributed by atoms with Gasteiger partial charge >= 0.3 is 5.97 Å². The molecule has 1 aliphatic rings. The largest absolute Gasteiger partial charge is 0.476 e. The number of carboxylic acids is 1. The van der Waals surface area contributed by atoms with Crippen LogP contribution < -0.4 is 4.74 Å². The van der Waals surface area contributed by atoms with E-state index in [9.17, 15) is 9.59 Å². The minimum absolute atomic E-state index is 0.0426. The highest BCUT2D eigenvalue weighted by molar-refractivity contribution is 8.01. The Morgan fingerprint density at radius 2 is 2.36 bits per heavy atom. The van der Waals surface area contributed by atoms with E-state index < -0.39 is 5.97 Å². The van der Waals surface area contributed by atoms with Crippen LogP contribution in [0.3, 0.4) is 0 Å². The normalized spacial score (nSPS) is 17.0. The standard InChI is InChI=1S/C16H17N3O4S2/c20-14-5-4-11(9-23-13-3-1-2-6-17-13)19(14)7-8-24-16-18-12(10-25-16)15(21)22/h1-3,6,10-11H,4-5,7-9H2,(H,21,22). The van der Waals surface area contributed by atoms with Crippen molar-refractivity contribution in [2.75, 3.05) is 18.9 Å². The van der Waals surface area contributed by atoms with E-state index in [4.69, 9.17) is 9.84 Å². The zero-order valence-electron chi connectivity index (χ0n) is 13.3. The Bertz CT molecular complexity index is 738. The first-order valence-corrected chi connectivity index (χ1v) is 9.65. The number of carboxylic acid groups (broad SMARTS) is 1. The third kappa shape index (κ3) is 4.70. The molecular weight excluding hydrogens is 362 g/mol. The molecule has 1 unspecified atom stereocenters. The van der Waals surface area contributed by atoms with Crippen molar-refractivity contribution in [3.05, 3.63) is 35.5 Å². The smallest absolute Gasteiger partial charge is 0.355 e. The summed E-state index contributed by atoms with van der Waals surface area (Å²) < 4.78 is 6.37. The summed E-state index contributed by atoms with van der Waals surface area (Å²) in [6.07, 6.45) is 2.97. The number of carbonyl (C=O) groups excluding carboxylic acids is 1. The summed E-state index contributed by atoms with van der Waals surface area (Å²) in [6, 6.07) is 5.51. The molecule has 0 aromatic carbocycles.